The first-order valence-electron chi connectivity index (χ1n) is 8.30. The van der Waals surface area contributed by atoms with Crippen molar-refractivity contribution in [1.29, 1.82) is 0 Å². The van der Waals surface area contributed by atoms with Crippen LogP contribution in [0.1, 0.15) is 54.2 Å². The van der Waals surface area contributed by atoms with Crippen molar-refractivity contribution in [3.8, 4) is 0 Å². The molecule has 1 amide bonds. The maximum absolute atomic E-state index is 12.2. The molecule has 0 aliphatic carbocycles. The van der Waals surface area contributed by atoms with Gasteiger partial charge in [0.25, 0.3) is 5.91 Å². The van der Waals surface area contributed by atoms with Gasteiger partial charge in [0.15, 0.2) is 0 Å². The molecular weight excluding hydrogens is 282 g/mol. The third-order valence-electron chi connectivity index (χ3n) is 4.02. The van der Waals surface area contributed by atoms with Crippen molar-refractivity contribution in [2.75, 3.05) is 6.54 Å². The van der Waals surface area contributed by atoms with Crippen LogP contribution in [0.25, 0.3) is 0 Å². The van der Waals surface area contributed by atoms with Gasteiger partial charge in [0.05, 0.1) is 0 Å². The Balaban J connectivity index is 1.81. The first-order valence-corrected chi connectivity index (χ1v) is 8.30. The van der Waals surface area contributed by atoms with Gasteiger partial charge in [-0.25, -0.2) is 0 Å². The highest BCUT2D eigenvalue weighted by molar-refractivity contribution is 5.94. The number of hydrogen-bond donors (Lipinski definition) is 1. The number of benzene rings is 2. The molecular formula is C21H27NO. The average Bonchev–Trinajstić information content (AvgIpc) is 2.51. The van der Waals surface area contributed by atoms with Crippen molar-refractivity contribution < 1.29 is 4.79 Å². The summed E-state index contributed by atoms with van der Waals surface area (Å²) in [6, 6.07) is 16.4. The minimum absolute atomic E-state index is 0.00898. The third kappa shape index (κ3) is 5.24. The van der Waals surface area contributed by atoms with Gasteiger partial charge in [0, 0.05) is 12.1 Å². The summed E-state index contributed by atoms with van der Waals surface area (Å²) in [5.74, 6) is 0.00898. The monoisotopic (exact) mass is 309 g/mol. The Morgan fingerprint density at radius 2 is 1.74 bits per heavy atom. The van der Waals surface area contributed by atoms with Crippen LogP contribution in [0.2, 0.25) is 0 Å². The fourth-order valence-corrected chi connectivity index (χ4v) is 2.59. The smallest absolute Gasteiger partial charge is 0.251 e. The van der Waals surface area contributed by atoms with E-state index in [0.717, 1.165) is 18.4 Å². The van der Waals surface area contributed by atoms with E-state index in [-0.39, 0.29) is 11.3 Å². The summed E-state index contributed by atoms with van der Waals surface area (Å²) in [4.78, 5) is 12.2. The second-order valence-electron chi connectivity index (χ2n) is 7.18. The first kappa shape index (κ1) is 17.3. The molecule has 0 fully saturated rings. The molecule has 0 saturated heterocycles. The van der Waals surface area contributed by atoms with Gasteiger partial charge in [0.2, 0.25) is 0 Å². The molecule has 122 valence electrons. The largest absolute Gasteiger partial charge is 0.352 e. The van der Waals surface area contributed by atoms with Crippen molar-refractivity contribution in [1.82, 2.24) is 5.32 Å². The van der Waals surface area contributed by atoms with Gasteiger partial charge >= 0.3 is 0 Å². The summed E-state index contributed by atoms with van der Waals surface area (Å²) in [7, 11) is 0. The summed E-state index contributed by atoms with van der Waals surface area (Å²) >= 11 is 0. The number of rotatable bonds is 5. The van der Waals surface area contributed by atoms with Crippen LogP contribution >= 0.6 is 0 Å². The molecule has 2 rings (SSSR count). The highest BCUT2D eigenvalue weighted by Gasteiger charge is 2.14. The molecule has 2 heteroatoms. The van der Waals surface area contributed by atoms with Crippen molar-refractivity contribution in [3.63, 3.8) is 0 Å². The normalized spacial score (nSPS) is 11.3. The van der Waals surface area contributed by atoms with Crippen LogP contribution in [0.15, 0.2) is 48.5 Å². The molecule has 2 nitrogen and oxygen atoms in total. The number of carbonyl (C=O) groups excluding carboxylic acids is 1. The molecule has 0 aromatic heterocycles. The van der Waals surface area contributed by atoms with Crippen LogP contribution in [0.3, 0.4) is 0 Å². The molecule has 0 saturated carbocycles. The van der Waals surface area contributed by atoms with Crippen LogP contribution in [-0.2, 0) is 11.8 Å². The molecule has 0 heterocycles. The van der Waals surface area contributed by atoms with E-state index < -0.39 is 0 Å². The Kier molecular flexibility index (Phi) is 5.59. The van der Waals surface area contributed by atoms with Gasteiger partial charge in [0.1, 0.15) is 0 Å². The van der Waals surface area contributed by atoms with E-state index in [4.69, 9.17) is 0 Å². The molecule has 0 radical (unpaired) electrons. The molecule has 2 aromatic carbocycles. The van der Waals surface area contributed by atoms with Gasteiger partial charge in [-0.15, -0.1) is 0 Å². The lowest BCUT2D eigenvalue weighted by Gasteiger charge is -2.19. The number of amides is 1. The van der Waals surface area contributed by atoms with E-state index in [0.29, 0.717) is 6.54 Å². The van der Waals surface area contributed by atoms with E-state index in [2.05, 4.69) is 57.3 Å². The molecule has 2 aromatic rings. The molecule has 0 bridgehead atoms. The Bertz CT molecular complexity index is 650. The van der Waals surface area contributed by atoms with Crippen molar-refractivity contribution in [2.45, 2.75) is 46.0 Å². The van der Waals surface area contributed by atoms with Crippen LogP contribution < -0.4 is 5.32 Å². The Morgan fingerprint density at radius 1 is 1.04 bits per heavy atom. The maximum Gasteiger partial charge on any atom is 0.251 e. The van der Waals surface area contributed by atoms with Crippen molar-refractivity contribution in [3.05, 3.63) is 70.8 Å². The lowest BCUT2D eigenvalue weighted by Crippen LogP contribution is -2.25. The first-order chi connectivity index (χ1) is 10.9. The average molecular weight is 309 g/mol. The zero-order valence-corrected chi connectivity index (χ0v) is 14.6. The molecule has 23 heavy (non-hydrogen) atoms. The predicted molar refractivity (Wildman–Crippen MR) is 97.0 cm³/mol. The SMILES string of the molecule is Cc1cccc(CCCNC(=O)c2ccc(C(C)(C)C)cc2)c1. The van der Waals surface area contributed by atoms with Gasteiger partial charge in [-0.05, 0) is 48.4 Å². The van der Waals surface area contributed by atoms with Crippen molar-refractivity contribution in [2.24, 2.45) is 0 Å². The number of nitrogens with one attached hydrogen (secondary N) is 1. The highest BCUT2D eigenvalue weighted by atomic mass is 16.1. The maximum atomic E-state index is 12.2. The quantitative estimate of drug-likeness (QED) is 0.800. The van der Waals surface area contributed by atoms with Crippen LogP contribution in [0.4, 0.5) is 0 Å². The van der Waals surface area contributed by atoms with Crippen LogP contribution in [-0.4, -0.2) is 12.5 Å². The number of aryl methyl sites for hydroxylation is 2. The van der Waals surface area contributed by atoms with E-state index in [9.17, 15) is 4.79 Å². The standard InChI is InChI=1S/C21H27NO/c1-16-7-5-8-17(15-16)9-6-14-22-20(23)18-10-12-19(13-11-18)21(2,3)4/h5,7-8,10-13,15H,6,9,14H2,1-4H3,(H,22,23). The van der Waals surface area contributed by atoms with E-state index in [1.807, 2.05) is 24.3 Å². The zero-order chi connectivity index (χ0) is 16.9. The summed E-state index contributed by atoms with van der Waals surface area (Å²) in [6.45, 7) is 9.33. The minimum atomic E-state index is 0.00898. The molecule has 0 spiro atoms. The summed E-state index contributed by atoms with van der Waals surface area (Å²) in [6.07, 6.45) is 1.94. The molecule has 1 N–H and O–H groups in total. The number of hydrogen-bond acceptors (Lipinski definition) is 1. The lowest BCUT2D eigenvalue weighted by atomic mass is 9.87. The van der Waals surface area contributed by atoms with Gasteiger partial charge < -0.3 is 5.32 Å². The molecule has 0 aliphatic heterocycles. The van der Waals surface area contributed by atoms with Gasteiger partial charge in [-0.1, -0.05) is 62.7 Å². The predicted octanol–water partition coefficient (Wildman–Crippen LogP) is 4.66. The fourth-order valence-electron chi connectivity index (χ4n) is 2.59. The molecule has 0 aliphatic rings. The van der Waals surface area contributed by atoms with E-state index in [1.54, 1.807) is 0 Å². The van der Waals surface area contributed by atoms with Gasteiger partial charge in [-0.3, -0.25) is 4.79 Å². The fraction of sp³-hybridized carbons (Fsp3) is 0.381. The topological polar surface area (TPSA) is 29.1 Å². The lowest BCUT2D eigenvalue weighted by molar-refractivity contribution is 0.0953. The van der Waals surface area contributed by atoms with Crippen LogP contribution in [0, 0.1) is 6.92 Å². The molecule has 0 atom stereocenters. The number of carbonyl (C=O) groups is 1. The molecule has 0 unspecified atom stereocenters. The second kappa shape index (κ2) is 7.45. The van der Waals surface area contributed by atoms with Crippen molar-refractivity contribution >= 4 is 5.91 Å². The van der Waals surface area contributed by atoms with Gasteiger partial charge in [-0.2, -0.15) is 0 Å². The van der Waals surface area contributed by atoms with E-state index >= 15 is 0 Å². The summed E-state index contributed by atoms with van der Waals surface area (Å²) in [5, 5.41) is 3.00. The Labute approximate surface area is 139 Å². The van der Waals surface area contributed by atoms with Crippen LogP contribution in [0.5, 0.6) is 0 Å². The van der Waals surface area contributed by atoms with E-state index in [1.165, 1.54) is 16.7 Å². The summed E-state index contributed by atoms with van der Waals surface area (Å²) < 4.78 is 0. The second-order valence-corrected chi connectivity index (χ2v) is 7.18. The Hall–Kier alpha value is -2.09. The minimum Gasteiger partial charge on any atom is -0.352 e. The summed E-state index contributed by atoms with van der Waals surface area (Å²) in [5.41, 5.74) is 4.70. The Morgan fingerprint density at radius 3 is 2.35 bits per heavy atom. The zero-order valence-electron chi connectivity index (χ0n) is 14.6. The highest BCUT2D eigenvalue weighted by Crippen LogP contribution is 2.22. The third-order valence-corrected chi connectivity index (χ3v) is 4.02.